The van der Waals surface area contributed by atoms with Crippen LogP contribution in [-0.4, -0.2) is 15.3 Å². The number of nitrogens with one attached hydrogen (secondary N) is 1. The van der Waals surface area contributed by atoms with Crippen molar-refractivity contribution in [3.8, 4) is 11.3 Å². The molecule has 4 aromatic rings. The molecule has 2 heterocycles. The van der Waals surface area contributed by atoms with Gasteiger partial charge < -0.3 is 5.32 Å². The maximum absolute atomic E-state index is 13.8. The number of hydrogen-bond acceptors (Lipinski definition) is 2. The van der Waals surface area contributed by atoms with Gasteiger partial charge in [-0.15, -0.1) is 0 Å². The van der Waals surface area contributed by atoms with Crippen LogP contribution in [0, 0.1) is 31.3 Å². The number of rotatable bonds is 4. The molecule has 2 aromatic carbocycles. The minimum atomic E-state index is -1.64. The lowest BCUT2D eigenvalue weighted by molar-refractivity contribution is -0.111. The van der Waals surface area contributed by atoms with E-state index < -0.39 is 29.0 Å². The van der Waals surface area contributed by atoms with Gasteiger partial charge in [0.15, 0.2) is 17.5 Å². The first-order valence-electron chi connectivity index (χ1n) is 9.52. The molecule has 1 N–H and O–H groups in total. The SMILES string of the molecule is Cc1ccc(-c2nc3cc(C)ccn3c2/C=C/C(=O)Nc2ccc(F)c(F)c2F)cc1. The molecule has 4 nitrogen and oxygen atoms in total. The lowest BCUT2D eigenvalue weighted by atomic mass is 10.1. The molecule has 0 atom stereocenters. The van der Waals surface area contributed by atoms with Crippen molar-refractivity contribution in [1.29, 1.82) is 0 Å². The summed E-state index contributed by atoms with van der Waals surface area (Å²) in [7, 11) is 0. The molecule has 2 aromatic heterocycles. The average Bonchev–Trinajstić information content (AvgIpc) is 3.10. The van der Waals surface area contributed by atoms with Gasteiger partial charge in [-0.05, 0) is 49.8 Å². The third-order valence-corrected chi connectivity index (χ3v) is 4.83. The number of halogens is 3. The molecule has 0 spiro atoms. The lowest BCUT2D eigenvalue weighted by Crippen LogP contribution is -2.10. The third-order valence-electron chi connectivity index (χ3n) is 4.83. The summed E-state index contributed by atoms with van der Waals surface area (Å²) in [4.78, 5) is 17.0. The number of fused-ring (bicyclic) bond motifs is 1. The molecule has 0 unspecified atom stereocenters. The molecule has 0 radical (unpaired) electrons. The van der Waals surface area contributed by atoms with Crippen LogP contribution >= 0.6 is 0 Å². The number of amides is 1. The number of carbonyl (C=O) groups excluding carboxylic acids is 1. The summed E-state index contributed by atoms with van der Waals surface area (Å²) in [6, 6.07) is 13.4. The van der Waals surface area contributed by atoms with Crippen LogP contribution in [0.15, 0.2) is 60.8 Å². The molecule has 7 heteroatoms. The van der Waals surface area contributed by atoms with Gasteiger partial charge in [0, 0.05) is 17.8 Å². The molecule has 1 amide bonds. The van der Waals surface area contributed by atoms with E-state index in [0.717, 1.165) is 28.8 Å². The number of aryl methyl sites for hydroxylation is 2. The fraction of sp³-hybridized carbons (Fsp3) is 0.0833. The fourth-order valence-electron chi connectivity index (χ4n) is 3.20. The summed E-state index contributed by atoms with van der Waals surface area (Å²) < 4.78 is 42.2. The van der Waals surface area contributed by atoms with Gasteiger partial charge in [-0.2, -0.15) is 0 Å². The van der Waals surface area contributed by atoms with Crippen molar-refractivity contribution >= 4 is 23.3 Å². The van der Waals surface area contributed by atoms with Crippen molar-refractivity contribution in [2.75, 3.05) is 5.32 Å². The second-order valence-corrected chi connectivity index (χ2v) is 7.19. The maximum Gasteiger partial charge on any atom is 0.248 e. The Morgan fingerprint density at radius 3 is 2.45 bits per heavy atom. The van der Waals surface area contributed by atoms with E-state index in [4.69, 9.17) is 4.98 Å². The Kier molecular flexibility index (Phi) is 5.33. The monoisotopic (exact) mass is 421 g/mol. The molecule has 0 aliphatic carbocycles. The van der Waals surface area contributed by atoms with Gasteiger partial charge in [-0.25, -0.2) is 18.2 Å². The van der Waals surface area contributed by atoms with E-state index in [2.05, 4.69) is 5.32 Å². The molecule has 4 rings (SSSR count). The van der Waals surface area contributed by atoms with E-state index >= 15 is 0 Å². The summed E-state index contributed by atoms with van der Waals surface area (Å²) >= 11 is 0. The smallest absolute Gasteiger partial charge is 0.248 e. The average molecular weight is 421 g/mol. The number of pyridine rings is 1. The maximum atomic E-state index is 13.8. The zero-order valence-corrected chi connectivity index (χ0v) is 16.8. The van der Waals surface area contributed by atoms with Crippen LogP contribution in [0.2, 0.25) is 0 Å². The first-order chi connectivity index (χ1) is 14.8. The Morgan fingerprint density at radius 1 is 0.968 bits per heavy atom. The van der Waals surface area contributed by atoms with Gasteiger partial charge in [0.25, 0.3) is 0 Å². The van der Waals surface area contributed by atoms with Gasteiger partial charge >= 0.3 is 0 Å². The fourth-order valence-corrected chi connectivity index (χ4v) is 3.20. The number of aromatic nitrogens is 2. The molecule has 0 bridgehead atoms. The lowest BCUT2D eigenvalue weighted by Gasteiger charge is -2.05. The largest absolute Gasteiger partial charge is 0.320 e. The molecular weight excluding hydrogens is 403 g/mol. The van der Waals surface area contributed by atoms with Crippen LogP contribution in [-0.2, 0) is 4.79 Å². The van der Waals surface area contributed by atoms with Crippen molar-refractivity contribution in [3.63, 3.8) is 0 Å². The van der Waals surface area contributed by atoms with E-state index in [-0.39, 0.29) is 0 Å². The standard InChI is InChI=1S/C24H18F3N3O/c1-14-3-5-16(6-4-14)24-19(30-12-11-15(2)13-20(30)29-24)9-10-21(31)28-18-8-7-17(25)22(26)23(18)27/h3-13H,1-2H3,(H,28,31)/b10-9+. The van der Waals surface area contributed by atoms with Crippen LogP contribution in [0.1, 0.15) is 16.8 Å². The van der Waals surface area contributed by atoms with Crippen LogP contribution in [0.4, 0.5) is 18.9 Å². The topological polar surface area (TPSA) is 46.4 Å². The van der Waals surface area contributed by atoms with Gasteiger partial charge in [0.2, 0.25) is 5.91 Å². The highest BCUT2D eigenvalue weighted by Gasteiger charge is 2.15. The summed E-state index contributed by atoms with van der Waals surface area (Å²) in [5, 5.41) is 2.23. The van der Waals surface area contributed by atoms with E-state index in [9.17, 15) is 18.0 Å². The van der Waals surface area contributed by atoms with Crippen molar-refractivity contribution < 1.29 is 18.0 Å². The van der Waals surface area contributed by atoms with Gasteiger partial charge in [-0.1, -0.05) is 29.8 Å². The van der Waals surface area contributed by atoms with Gasteiger partial charge in [-0.3, -0.25) is 9.20 Å². The van der Waals surface area contributed by atoms with Crippen LogP contribution in [0.25, 0.3) is 23.0 Å². The van der Waals surface area contributed by atoms with Crippen molar-refractivity contribution in [2.45, 2.75) is 13.8 Å². The highest BCUT2D eigenvalue weighted by atomic mass is 19.2. The molecule has 156 valence electrons. The van der Waals surface area contributed by atoms with Crippen molar-refractivity contribution in [1.82, 2.24) is 9.38 Å². The molecule has 0 aliphatic heterocycles. The zero-order chi connectivity index (χ0) is 22.1. The highest BCUT2D eigenvalue weighted by Crippen LogP contribution is 2.27. The van der Waals surface area contributed by atoms with Crippen molar-refractivity contribution in [3.05, 3.63) is 95.1 Å². The first kappa shape index (κ1) is 20.4. The summed E-state index contributed by atoms with van der Waals surface area (Å²) in [6.07, 6.45) is 4.60. The van der Waals surface area contributed by atoms with Crippen LogP contribution in [0.5, 0.6) is 0 Å². The van der Waals surface area contributed by atoms with E-state index in [1.54, 1.807) is 6.08 Å². The predicted molar refractivity (Wildman–Crippen MR) is 114 cm³/mol. The quantitative estimate of drug-likeness (QED) is 0.340. The number of anilines is 1. The second-order valence-electron chi connectivity index (χ2n) is 7.19. The Morgan fingerprint density at radius 2 is 1.71 bits per heavy atom. The van der Waals surface area contributed by atoms with Crippen LogP contribution in [0.3, 0.4) is 0 Å². The summed E-state index contributed by atoms with van der Waals surface area (Å²) in [5.41, 5.74) is 4.61. The molecule has 31 heavy (non-hydrogen) atoms. The number of hydrogen-bond donors (Lipinski definition) is 1. The third kappa shape index (κ3) is 4.07. The molecular formula is C24H18F3N3O. The normalized spacial score (nSPS) is 11.4. The molecule has 0 fully saturated rings. The van der Waals surface area contributed by atoms with Gasteiger partial charge in [0.05, 0.1) is 17.1 Å². The van der Waals surface area contributed by atoms with Crippen LogP contribution < -0.4 is 5.32 Å². The number of nitrogens with zero attached hydrogens (tertiary/aromatic N) is 2. The Balaban J connectivity index is 1.71. The van der Waals surface area contributed by atoms with E-state index in [1.807, 2.05) is 60.8 Å². The first-order valence-corrected chi connectivity index (χ1v) is 9.52. The number of carbonyl (C=O) groups is 1. The highest BCUT2D eigenvalue weighted by molar-refractivity contribution is 6.02. The van der Waals surface area contributed by atoms with E-state index in [0.29, 0.717) is 17.0 Å². The Bertz CT molecular complexity index is 1320. The minimum Gasteiger partial charge on any atom is -0.320 e. The second kappa shape index (κ2) is 8.10. The predicted octanol–water partition coefficient (Wildman–Crippen LogP) is 5.69. The summed E-state index contributed by atoms with van der Waals surface area (Å²) in [6.45, 7) is 3.94. The zero-order valence-electron chi connectivity index (χ0n) is 16.8. The number of benzene rings is 2. The van der Waals surface area contributed by atoms with E-state index in [1.165, 1.54) is 6.08 Å². The Labute approximate surface area is 176 Å². The summed E-state index contributed by atoms with van der Waals surface area (Å²) in [5.74, 6) is -5.11. The molecule has 0 aliphatic rings. The number of imidazole rings is 1. The minimum absolute atomic E-state index is 0.443. The molecule has 0 saturated carbocycles. The van der Waals surface area contributed by atoms with Crippen molar-refractivity contribution in [2.24, 2.45) is 0 Å². The molecule has 0 saturated heterocycles. The van der Waals surface area contributed by atoms with Gasteiger partial charge in [0.1, 0.15) is 5.65 Å². The Hall–Kier alpha value is -3.87.